The maximum atomic E-state index is 11.0. The summed E-state index contributed by atoms with van der Waals surface area (Å²) in [5, 5.41) is 2.72. The van der Waals surface area contributed by atoms with Crippen molar-refractivity contribution in [3.63, 3.8) is 0 Å². The summed E-state index contributed by atoms with van der Waals surface area (Å²) < 4.78 is 5.50. The normalized spacial score (nSPS) is 10.6. The molecule has 0 saturated heterocycles. The Labute approximate surface area is 107 Å². The predicted octanol–water partition coefficient (Wildman–Crippen LogP) is 2.47. The Kier molecular flexibility index (Phi) is 6.01. The van der Waals surface area contributed by atoms with Crippen molar-refractivity contribution in [3.05, 3.63) is 35.4 Å². The molecule has 1 aromatic carbocycles. The number of benzene rings is 1. The molecule has 0 aromatic heterocycles. The Bertz CT molecular complexity index is 349. The Hall–Kier alpha value is -1.06. The molecule has 0 aliphatic carbocycles. The molecule has 1 N–H and O–H groups in total. The van der Waals surface area contributed by atoms with Crippen LogP contribution in [0.4, 0.5) is 0 Å². The van der Waals surface area contributed by atoms with Crippen LogP contribution in [0.1, 0.15) is 25.0 Å². The number of carbonyl (C=O) groups excluding carboxylic acids is 1. The van der Waals surface area contributed by atoms with Crippen LogP contribution in [0.15, 0.2) is 24.3 Å². The SMILES string of the molecule is CC(C)OCc1ccc(CNC(=O)CCl)cc1. The first-order valence-electron chi connectivity index (χ1n) is 5.64. The molecule has 1 aromatic rings. The first-order valence-corrected chi connectivity index (χ1v) is 6.17. The molecule has 94 valence electrons. The van der Waals surface area contributed by atoms with E-state index in [4.69, 9.17) is 16.3 Å². The van der Waals surface area contributed by atoms with Gasteiger partial charge in [0.05, 0.1) is 12.7 Å². The monoisotopic (exact) mass is 255 g/mol. The molecule has 1 amide bonds. The number of nitrogens with one attached hydrogen (secondary N) is 1. The lowest BCUT2D eigenvalue weighted by atomic mass is 10.1. The number of halogens is 1. The van der Waals surface area contributed by atoms with E-state index in [2.05, 4.69) is 5.32 Å². The number of ether oxygens (including phenoxy) is 1. The van der Waals surface area contributed by atoms with Crippen molar-refractivity contribution >= 4 is 17.5 Å². The van der Waals surface area contributed by atoms with Gasteiger partial charge in [0, 0.05) is 6.54 Å². The van der Waals surface area contributed by atoms with Crippen LogP contribution < -0.4 is 5.32 Å². The quantitative estimate of drug-likeness (QED) is 0.793. The van der Waals surface area contributed by atoms with E-state index in [-0.39, 0.29) is 17.9 Å². The number of rotatable bonds is 6. The summed E-state index contributed by atoms with van der Waals surface area (Å²) in [6.07, 6.45) is 0.234. The van der Waals surface area contributed by atoms with Crippen LogP contribution in [0.25, 0.3) is 0 Å². The molecule has 0 aliphatic rings. The average molecular weight is 256 g/mol. The van der Waals surface area contributed by atoms with Gasteiger partial charge < -0.3 is 10.1 Å². The number of hydrogen-bond donors (Lipinski definition) is 1. The van der Waals surface area contributed by atoms with Gasteiger partial charge in [0.15, 0.2) is 0 Å². The summed E-state index contributed by atoms with van der Waals surface area (Å²) in [6, 6.07) is 7.97. The fraction of sp³-hybridized carbons (Fsp3) is 0.462. The number of alkyl halides is 1. The third-order valence-corrected chi connectivity index (χ3v) is 2.46. The average Bonchev–Trinajstić information content (AvgIpc) is 2.34. The number of amides is 1. The van der Waals surface area contributed by atoms with Crippen molar-refractivity contribution in [2.24, 2.45) is 0 Å². The molecule has 17 heavy (non-hydrogen) atoms. The zero-order chi connectivity index (χ0) is 12.7. The molecule has 0 radical (unpaired) electrons. The van der Waals surface area contributed by atoms with E-state index < -0.39 is 0 Å². The zero-order valence-corrected chi connectivity index (χ0v) is 11.0. The Morgan fingerprint density at radius 2 is 1.88 bits per heavy atom. The van der Waals surface area contributed by atoms with Crippen LogP contribution in [-0.2, 0) is 22.7 Å². The third kappa shape index (κ3) is 5.71. The lowest BCUT2D eigenvalue weighted by Crippen LogP contribution is -2.23. The molecule has 0 saturated carbocycles. The highest BCUT2D eigenvalue weighted by Gasteiger charge is 2.00. The zero-order valence-electron chi connectivity index (χ0n) is 10.2. The van der Waals surface area contributed by atoms with Gasteiger partial charge in [-0.25, -0.2) is 0 Å². The van der Waals surface area contributed by atoms with E-state index in [0.717, 1.165) is 11.1 Å². The van der Waals surface area contributed by atoms with E-state index in [1.165, 1.54) is 0 Å². The van der Waals surface area contributed by atoms with Crippen LogP contribution in [0.5, 0.6) is 0 Å². The van der Waals surface area contributed by atoms with Gasteiger partial charge >= 0.3 is 0 Å². The van der Waals surface area contributed by atoms with Gasteiger partial charge in [-0.1, -0.05) is 24.3 Å². The maximum Gasteiger partial charge on any atom is 0.235 e. The van der Waals surface area contributed by atoms with E-state index in [1.54, 1.807) is 0 Å². The first-order chi connectivity index (χ1) is 8.11. The lowest BCUT2D eigenvalue weighted by Gasteiger charge is -2.08. The minimum absolute atomic E-state index is 0.000310. The van der Waals surface area contributed by atoms with Crippen LogP contribution in [0.2, 0.25) is 0 Å². The largest absolute Gasteiger partial charge is 0.374 e. The summed E-state index contributed by atoms with van der Waals surface area (Å²) in [6.45, 7) is 5.15. The van der Waals surface area contributed by atoms with Gasteiger partial charge in [-0.05, 0) is 25.0 Å². The first kappa shape index (κ1) is 14.0. The van der Waals surface area contributed by atoms with Crippen molar-refractivity contribution < 1.29 is 9.53 Å². The fourth-order valence-electron chi connectivity index (χ4n) is 1.26. The summed E-state index contributed by atoms with van der Waals surface area (Å²) in [5.74, 6) is -0.154. The number of carbonyl (C=O) groups is 1. The molecule has 0 atom stereocenters. The molecule has 0 bridgehead atoms. The van der Waals surface area contributed by atoms with Crippen molar-refractivity contribution in [3.8, 4) is 0 Å². The topological polar surface area (TPSA) is 38.3 Å². The fourth-order valence-corrected chi connectivity index (χ4v) is 1.36. The van der Waals surface area contributed by atoms with Crippen molar-refractivity contribution in [2.45, 2.75) is 33.1 Å². The van der Waals surface area contributed by atoms with Crippen molar-refractivity contribution in [2.75, 3.05) is 5.88 Å². The van der Waals surface area contributed by atoms with Crippen LogP contribution >= 0.6 is 11.6 Å². The standard InChI is InChI=1S/C13H18ClNO2/c1-10(2)17-9-12-5-3-11(4-6-12)8-15-13(16)7-14/h3-6,10H,7-9H2,1-2H3,(H,15,16). The molecule has 0 spiro atoms. The molecule has 0 fully saturated rings. The molecular formula is C13H18ClNO2. The van der Waals surface area contributed by atoms with E-state index in [1.807, 2.05) is 38.1 Å². The van der Waals surface area contributed by atoms with Crippen molar-refractivity contribution in [1.82, 2.24) is 5.32 Å². The van der Waals surface area contributed by atoms with E-state index in [0.29, 0.717) is 13.2 Å². The second-order valence-electron chi connectivity index (χ2n) is 4.09. The summed E-state index contributed by atoms with van der Waals surface area (Å²) in [7, 11) is 0. The van der Waals surface area contributed by atoms with Crippen molar-refractivity contribution in [1.29, 1.82) is 0 Å². The maximum absolute atomic E-state index is 11.0. The van der Waals surface area contributed by atoms with E-state index in [9.17, 15) is 4.79 Å². The lowest BCUT2D eigenvalue weighted by molar-refractivity contribution is -0.118. The Morgan fingerprint density at radius 1 is 1.29 bits per heavy atom. The summed E-state index contributed by atoms with van der Waals surface area (Å²) in [4.78, 5) is 11.0. The summed E-state index contributed by atoms with van der Waals surface area (Å²) in [5.41, 5.74) is 2.18. The highest BCUT2D eigenvalue weighted by molar-refractivity contribution is 6.27. The van der Waals surface area contributed by atoms with Gasteiger partial charge in [-0.15, -0.1) is 11.6 Å². The Balaban J connectivity index is 2.42. The predicted molar refractivity (Wildman–Crippen MR) is 68.9 cm³/mol. The number of hydrogen-bond acceptors (Lipinski definition) is 2. The minimum Gasteiger partial charge on any atom is -0.374 e. The van der Waals surface area contributed by atoms with Gasteiger partial charge in [0.25, 0.3) is 0 Å². The minimum atomic E-state index is -0.154. The van der Waals surface area contributed by atoms with Gasteiger partial charge in [-0.2, -0.15) is 0 Å². The molecule has 0 heterocycles. The van der Waals surface area contributed by atoms with E-state index >= 15 is 0 Å². The van der Waals surface area contributed by atoms with Crippen LogP contribution in [0, 0.1) is 0 Å². The molecular weight excluding hydrogens is 238 g/mol. The molecule has 4 heteroatoms. The highest BCUT2D eigenvalue weighted by Crippen LogP contribution is 2.07. The molecule has 1 rings (SSSR count). The molecule has 3 nitrogen and oxygen atoms in total. The van der Waals surface area contributed by atoms with Gasteiger partial charge in [0.1, 0.15) is 5.88 Å². The third-order valence-electron chi connectivity index (χ3n) is 2.22. The molecule has 0 aliphatic heterocycles. The summed E-state index contributed by atoms with van der Waals surface area (Å²) >= 11 is 5.39. The smallest absolute Gasteiger partial charge is 0.235 e. The second kappa shape index (κ2) is 7.30. The van der Waals surface area contributed by atoms with Gasteiger partial charge in [-0.3, -0.25) is 4.79 Å². The van der Waals surface area contributed by atoms with Crippen LogP contribution in [0.3, 0.4) is 0 Å². The molecule has 0 unspecified atom stereocenters. The highest BCUT2D eigenvalue weighted by atomic mass is 35.5. The van der Waals surface area contributed by atoms with Gasteiger partial charge in [0.2, 0.25) is 5.91 Å². The second-order valence-corrected chi connectivity index (χ2v) is 4.35. The van der Waals surface area contributed by atoms with Crippen LogP contribution in [-0.4, -0.2) is 17.9 Å². The Morgan fingerprint density at radius 3 is 2.41 bits per heavy atom.